The standard InChI is InChI=1S/C9H11F3N3O/c1-4-16-7-5-6(9(10,11)12)13-8(14-7)15(2)3/h4H2,1-3H3. The molecule has 0 amide bonds. The second-order valence-electron chi connectivity index (χ2n) is 3.13. The van der Waals surface area contributed by atoms with Crippen LogP contribution >= 0.6 is 0 Å². The minimum absolute atomic E-state index is 0.0606. The van der Waals surface area contributed by atoms with E-state index in [4.69, 9.17) is 4.74 Å². The van der Waals surface area contributed by atoms with Crippen LogP contribution in [-0.4, -0.2) is 30.7 Å². The van der Waals surface area contributed by atoms with E-state index in [9.17, 15) is 13.2 Å². The number of hydrogen-bond acceptors (Lipinski definition) is 4. The van der Waals surface area contributed by atoms with Crippen LogP contribution in [-0.2, 0) is 6.18 Å². The number of ether oxygens (including phenoxy) is 1. The number of alkyl halides is 3. The second-order valence-corrected chi connectivity index (χ2v) is 3.13. The third kappa shape index (κ3) is 2.98. The summed E-state index contributed by atoms with van der Waals surface area (Å²) in [5, 5.41) is 0. The smallest absolute Gasteiger partial charge is 0.434 e. The van der Waals surface area contributed by atoms with Crippen molar-refractivity contribution >= 4 is 5.95 Å². The van der Waals surface area contributed by atoms with Crippen molar-refractivity contribution in [2.45, 2.75) is 13.1 Å². The molecule has 0 saturated heterocycles. The molecule has 1 radical (unpaired) electrons. The van der Waals surface area contributed by atoms with Gasteiger partial charge < -0.3 is 9.64 Å². The number of rotatable bonds is 3. The Labute approximate surface area is 91.1 Å². The van der Waals surface area contributed by atoms with E-state index in [0.29, 0.717) is 0 Å². The van der Waals surface area contributed by atoms with Gasteiger partial charge in [0.2, 0.25) is 11.8 Å². The van der Waals surface area contributed by atoms with Crippen molar-refractivity contribution in [2.24, 2.45) is 0 Å². The molecular weight excluding hydrogens is 223 g/mol. The highest BCUT2D eigenvalue weighted by Gasteiger charge is 2.34. The molecule has 1 aromatic rings. The highest BCUT2D eigenvalue weighted by Crippen LogP contribution is 2.30. The number of halogens is 3. The Balaban J connectivity index is 3.19. The molecule has 0 aliphatic heterocycles. The zero-order valence-electron chi connectivity index (χ0n) is 9.09. The molecular formula is C9H11F3N3O. The predicted molar refractivity (Wildman–Crippen MR) is 51.4 cm³/mol. The van der Waals surface area contributed by atoms with Crippen LogP contribution in [0.1, 0.15) is 12.6 Å². The highest BCUT2D eigenvalue weighted by atomic mass is 19.4. The van der Waals surface area contributed by atoms with Crippen LogP contribution in [0.25, 0.3) is 0 Å². The van der Waals surface area contributed by atoms with Gasteiger partial charge in [0.05, 0.1) is 12.7 Å². The fourth-order valence-electron chi connectivity index (χ4n) is 0.912. The number of nitrogens with zero attached hydrogens (tertiary/aromatic N) is 3. The van der Waals surface area contributed by atoms with Gasteiger partial charge >= 0.3 is 6.18 Å². The van der Waals surface area contributed by atoms with Gasteiger partial charge in [-0.3, -0.25) is 0 Å². The van der Waals surface area contributed by atoms with Crippen molar-refractivity contribution in [2.75, 3.05) is 25.6 Å². The van der Waals surface area contributed by atoms with Crippen LogP contribution in [0, 0.1) is 6.07 Å². The average molecular weight is 234 g/mol. The van der Waals surface area contributed by atoms with Crippen LogP contribution in [0.15, 0.2) is 0 Å². The summed E-state index contributed by atoms with van der Waals surface area (Å²) in [5.74, 6) is -0.261. The van der Waals surface area contributed by atoms with Crippen molar-refractivity contribution < 1.29 is 17.9 Å². The van der Waals surface area contributed by atoms with E-state index in [-0.39, 0.29) is 18.4 Å². The molecule has 0 aromatic carbocycles. The molecule has 0 bridgehead atoms. The van der Waals surface area contributed by atoms with Gasteiger partial charge in [-0.05, 0) is 6.92 Å². The molecule has 0 fully saturated rings. The first-order chi connectivity index (χ1) is 7.34. The van der Waals surface area contributed by atoms with Gasteiger partial charge in [0.15, 0.2) is 5.69 Å². The summed E-state index contributed by atoms with van der Waals surface area (Å²) in [6.07, 6.45) is -4.56. The first-order valence-electron chi connectivity index (χ1n) is 4.53. The molecule has 4 nitrogen and oxygen atoms in total. The van der Waals surface area contributed by atoms with Crippen molar-refractivity contribution in [1.82, 2.24) is 9.97 Å². The van der Waals surface area contributed by atoms with Crippen LogP contribution in [0.5, 0.6) is 5.88 Å². The molecule has 0 aliphatic carbocycles. The van der Waals surface area contributed by atoms with Crippen molar-refractivity contribution in [1.29, 1.82) is 0 Å². The van der Waals surface area contributed by atoms with Crippen LogP contribution in [0.3, 0.4) is 0 Å². The lowest BCUT2D eigenvalue weighted by Gasteiger charge is -2.14. The third-order valence-corrected chi connectivity index (χ3v) is 1.59. The molecule has 0 saturated carbocycles. The number of hydrogen-bond donors (Lipinski definition) is 0. The molecule has 0 N–H and O–H groups in total. The Kier molecular flexibility index (Phi) is 3.56. The molecule has 89 valence electrons. The van der Waals surface area contributed by atoms with Gasteiger partial charge in [0, 0.05) is 14.1 Å². The van der Waals surface area contributed by atoms with E-state index in [0.717, 1.165) is 0 Å². The van der Waals surface area contributed by atoms with E-state index in [1.165, 1.54) is 4.90 Å². The summed E-state index contributed by atoms with van der Waals surface area (Å²) >= 11 is 0. The fraction of sp³-hybridized carbons (Fsp3) is 0.556. The Morgan fingerprint density at radius 2 is 1.94 bits per heavy atom. The van der Waals surface area contributed by atoms with Gasteiger partial charge in [-0.25, -0.2) is 4.98 Å². The minimum Gasteiger partial charge on any atom is -0.477 e. The SMILES string of the molecule is CCOc1[c]c(C(F)(F)F)nc(N(C)C)n1. The summed E-state index contributed by atoms with van der Waals surface area (Å²) in [4.78, 5) is 8.48. The van der Waals surface area contributed by atoms with Gasteiger partial charge in [0.25, 0.3) is 0 Å². The van der Waals surface area contributed by atoms with Gasteiger partial charge in [0.1, 0.15) is 0 Å². The summed E-state index contributed by atoms with van der Waals surface area (Å²) in [6, 6.07) is 1.98. The van der Waals surface area contributed by atoms with Gasteiger partial charge in [-0.15, -0.1) is 0 Å². The first-order valence-corrected chi connectivity index (χ1v) is 4.53. The predicted octanol–water partition coefficient (Wildman–Crippen LogP) is 1.76. The average Bonchev–Trinajstić information content (AvgIpc) is 2.16. The number of aromatic nitrogens is 2. The maximum absolute atomic E-state index is 12.5. The lowest BCUT2D eigenvalue weighted by molar-refractivity contribution is -0.141. The topological polar surface area (TPSA) is 38.2 Å². The van der Waals surface area contributed by atoms with Crippen LogP contribution < -0.4 is 9.64 Å². The maximum atomic E-state index is 12.5. The summed E-state index contributed by atoms with van der Waals surface area (Å²) in [5.41, 5.74) is -1.13. The molecule has 0 aliphatic rings. The van der Waals surface area contributed by atoms with Crippen molar-refractivity contribution in [3.05, 3.63) is 11.8 Å². The Bertz CT molecular complexity index is 366. The largest absolute Gasteiger partial charge is 0.477 e. The molecule has 1 aromatic heterocycles. The summed E-state index contributed by atoms with van der Waals surface area (Å²) in [6.45, 7) is 1.87. The molecule has 1 rings (SSSR count). The molecule has 0 spiro atoms. The van der Waals surface area contributed by atoms with Crippen molar-refractivity contribution in [3.8, 4) is 5.88 Å². The molecule has 0 unspecified atom stereocenters. The number of anilines is 1. The zero-order valence-corrected chi connectivity index (χ0v) is 9.09. The van der Waals surface area contributed by atoms with E-state index in [1.54, 1.807) is 21.0 Å². The van der Waals surface area contributed by atoms with E-state index < -0.39 is 11.9 Å². The second kappa shape index (κ2) is 4.54. The monoisotopic (exact) mass is 234 g/mol. The normalized spacial score (nSPS) is 11.4. The maximum Gasteiger partial charge on any atom is 0.434 e. The molecule has 7 heteroatoms. The Morgan fingerprint density at radius 1 is 1.31 bits per heavy atom. The first kappa shape index (κ1) is 12.5. The lowest BCUT2D eigenvalue weighted by Crippen LogP contribution is -2.17. The van der Waals surface area contributed by atoms with Crippen LogP contribution in [0.2, 0.25) is 0 Å². The Hall–Kier alpha value is -1.53. The molecule has 0 atom stereocenters. The molecule has 16 heavy (non-hydrogen) atoms. The Morgan fingerprint density at radius 3 is 2.38 bits per heavy atom. The zero-order chi connectivity index (χ0) is 12.3. The summed E-state index contributed by atoms with van der Waals surface area (Å²) in [7, 11) is 3.09. The quantitative estimate of drug-likeness (QED) is 0.798. The van der Waals surface area contributed by atoms with E-state index in [1.807, 2.05) is 6.07 Å². The van der Waals surface area contributed by atoms with Crippen molar-refractivity contribution in [3.63, 3.8) is 0 Å². The van der Waals surface area contributed by atoms with E-state index in [2.05, 4.69) is 9.97 Å². The summed E-state index contributed by atoms with van der Waals surface area (Å²) < 4.78 is 42.3. The van der Waals surface area contributed by atoms with Gasteiger partial charge in [-0.2, -0.15) is 18.2 Å². The molecule has 1 heterocycles. The van der Waals surface area contributed by atoms with Gasteiger partial charge in [-0.1, -0.05) is 0 Å². The van der Waals surface area contributed by atoms with E-state index >= 15 is 0 Å². The minimum atomic E-state index is -4.56. The lowest BCUT2D eigenvalue weighted by atomic mass is 10.4. The van der Waals surface area contributed by atoms with Crippen LogP contribution in [0.4, 0.5) is 19.1 Å². The highest BCUT2D eigenvalue weighted by molar-refractivity contribution is 5.32. The fourth-order valence-corrected chi connectivity index (χ4v) is 0.912. The third-order valence-electron chi connectivity index (χ3n) is 1.59.